The van der Waals surface area contributed by atoms with Crippen LogP contribution in [0.3, 0.4) is 0 Å². The molecule has 0 saturated heterocycles. The summed E-state index contributed by atoms with van der Waals surface area (Å²) in [6.07, 6.45) is 19.6. The van der Waals surface area contributed by atoms with Crippen LogP contribution in [-0.2, 0) is 9.53 Å². The van der Waals surface area contributed by atoms with Crippen molar-refractivity contribution in [1.29, 1.82) is 0 Å². The molecule has 0 heterocycles. The van der Waals surface area contributed by atoms with E-state index in [2.05, 4.69) is 6.92 Å². The highest BCUT2D eigenvalue weighted by Crippen LogP contribution is 2.24. The van der Waals surface area contributed by atoms with Crippen LogP contribution in [0, 0.1) is 0 Å². The second kappa shape index (κ2) is 15.9. The highest BCUT2D eigenvalue weighted by Gasteiger charge is 2.35. The van der Waals surface area contributed by atoms with E-state index in [0.717, 1.165) is 12.8 Å². The van der Waals surface area contributed by atoms with Crippen LogP contribution in [0.4, 0.5) is 0 Å². The van der Waals surface area contributed by atoms with Gasteiger partial charge >= 0.3 is 5.97 Å². The van der Waals surface area contributed by atoms with Crippen molar-refractivity contribution in [2.24, 2.45) is 0 Å². The maximum Gasteiger partial charge on any atom is 0.335 e. The van der Waals surface area contributed by atoms with Crippen LogP contribution in [0.1, 0.15) is 117 Å². The molecule has 0 aliphatic rings. The number of hydrogen-bond acceptors (Lipinski definition) is 2. The van der Waals surface area contributed by atoms with Gasteiger partial charge < -0.3 is 9.84 Å². The fourth-order valence-corrected chi connectivity index (χ4v) is 3.37. The van der Waals surface area contributed by atoms with Crippen LogP contribution in [-0.4, -0.2) is 23.8 Å². The first-order chi connectivity index (χ1) is 11.6. The van der Waals surface area contributed by atoms with Crippen molar-refractivity contribution in [3.8, 4) is 0 Å². The summed E-state index contributed by atoms with van der Waals surface area (Å²) in [7, 11) is 1.52. The quantitative estimate of drug-likeness (QED) is 0.281. The van der Waals surface area contributed by atoms with Crippen molar-refractivity contribution in [2.45, 2.75) is 122 Å². The standard InChI is InChI=1S/C21H42O3/c1-4-6-7-8-9-10-11-12-13-14-15-16-17-18-19-21(5-2,24-3)20(22)23/h4-19H2,1-3H3,(H,22,23). The van der Waals surface area contributed by atoms with Gasteiger partial charge in [0.25, 0.3) is 0 Å². The summed E-state index contributed by atoms with van der Waals surface area (Å²) >= 11 is 0. The lowest BCUT2D eigenvalue weighted by Crippen LogP contribution is -2.39. The van der Waals surface area contributed by atoms with Crippen molar-refractivity contribution in [3.05, 3.63) is 0 Å². The fourth-order valence-electron chi connectivity index (χ4n) is 3.37. The molecular weight excluding hydrogens is 300 g/mol. The van der Waals surface area contributed by atoms with Crippen LogP contribution in [0.25, 0.3) is 0 Å². The maximum atomic E-state index is 11.3. The van der Waals surface area contributed by atoms with Gasteiger partial charge in [0.1, 0.15) is 0 Å². The van der Waals surface area contributed by atoms with Crippen LogP contribution < -0.4 is 0 Å². The molecule has 0 aromatic rings. The predicted molar refractivity (Wildman–Crippen MR) is 103 cm³/mol. The first kappa shape index (κ1) is 23.4. The molecule has 1 N–H and O–H groups in total. The van der Waals surface area contributed by atoms with Crippen LogP contribution in [0.2, 0.25) is 0 Å². The zero-order valence-electron chi connectivity index (χ0n) is 16.6. The van der Waals surface area contributed by atoms with Gasteiger partial charge in [0.2, 0.25) is 0 Å². The van der Waals surface area contributed by atoms with E-state index in [1.54, 1.807) is 0 Å². The Labute approximate surface area is 150 Å². The van der Waals surface area contributed by atoms with E-state index in [1.165, 1.54) is 84.2 Å². The fraction of sp³-hybridized carbons (Fsp3) is 0.952. The molecule has 0 aromatic heterocycles. The Hall–Kier alpha value is -0.570. The first-order valence-corrected chi connectivity index (χ1v) is 10.4. The number of ether oxygens (including phenoxy) is 1. The molecule has 1 atom stereocenters. The predicted octanol–water partition coefficient (Wildman–Crippen LogP) is 6.74. The van der Waals surface area contributed by atoms with E-state index >= 15 is 0 Å². The monoisotopic (exact) mass is 342 g/mol. The third-order valence-corrected chi connectivity index (χ3v) is 5.29. The summed E-state index contributed by atoms with van der Waals surface area (Å²) in [5, 5.41) is 9.30. The van der Waals surface area contributed by atoms with E-state index in [4.69, 9.17) is 4.74 Å². The van der Waals surface area contributed by atoms with E-state index in [-0.39, 0.29) is 0 Å². The lowest BCUT2D eigenvalue weighted by Gasteiger charge is -2.26. The number of carboxylic acid groups (broad SMARTS) is 1. The molecule has 1 unspecified atom stereocenters. The summed E-state index contributed by atoms with van der Waals surface area (Å²) in [5.41, 5.74) is -0.961. The molecule has 0 bridgehead atoms. The summed E-state index contributed by atoms with van der Waals surface area (Å²) in [6, 6.07) is 0. The van der Waals surface area contributed by atoms with E-state index in [9.17, 15) is 9.90 Å². The van der Waals surface area contributed by atoms with Gasteiger partial charge in [-0.15, -0.1) is 0 Å². The zero-order valence-corrected chi connectivity index (χ0v) is 16.6. The Morgan fingerprint density at radius 2 is 1.12 bits per heavy atom. The average Bonchev–Trinajstić information content (AvgIpc) is 2.58. The van der Waals surface area contributed by atoms with Gasteiger partial charge in [0.15, 0.2) is 5.60 Å². The Morgan fingerprint density at radius 1 is 0.750 bits per heavy atom. The van der Waals surface area contributed by atoms with Crippen LogP contribution >= 0.6 is 0 Å². The lowest BCUT2D eigenvalue weighted by molar-refractivity contribution is -0.163. The molecule has 3 heteroatoms. The van der Waals surface area contributed by atoms with E-state index < -0.39 is 11.6 Å². The molecule has 0 aliphatic carbocycles. The third kappa shape index (κ3) is 11.1. The largest absolute Gasteiger partial charge is 0.479 e. The number of aliphatic carboxylic acids is 1. The second-order valence-electron chi connectivity index (χ2n) is 7.20. The molecule has 0 aromatic carbocycles. The number of unbranched alkanes of at least 4 members (excludes halogenated alkanes) is 13. The second-order valence-corrected chi connectivity index (χ2v) is 7.20. The Bertz CT molecular complexity index is 285. The molecule has 144 valence electrons. The highest BCUT2D eigenvalue weighted by atomic mass is 16.5. The first-order valence-electron chi connectivity index (χ1n) is 10.4. The van der Waals surface area contributed by atoms with Gasteiger partial charge in [-0.2, -0.15) is 0 Å². The molecule has 0 fully saturated rings. The summed E-state index contributed by atoms with van der Waals surface area (Å²) in [5.74, 6) is -0.817. The van der Waals surface area contributed by atoms with Crippen molar-refractivity contribution >= 4 is 5.97 Å². The topological polar surface area (TPSA) is 46.5 Å². The van der Waals surface area contributed by atoms with Crippen molar-refractivity contribution in [2.75, 3.05) is 7.11 Å². The molecule has 0 spiro atoms. The van der Waals surface area contributed by atoms with Gasteiger partial charge in [-0.1, -0.05) is 97.3 Å². The maximum absolute atomic E-state index is 11.3. The van der Waals surface area contributed by atoms with Gasteiger partial charge in [0, 0.05) is 7.11 Å². The molecule has 24 heavy (non-hydrogen) atoms. The van der Waals surface area contributed by atoms with Crippen molar-refractivity contribution in [1.82, 2.24) is 0 Å². The molecule has 0 amide bonds. The van der Waals surface area contributed by atoms with E-state index in [0.29, 0.717) is 12.8 Å². The Balaban J connectivity index is 3.38. The number of hydrogen-bond donors (Lipinski definition) is 1. The third-order valence-electron chi connectivity index (χ3n) is 5.29. The number of methoxy groups -OCH3 is 1. The van der Waals surface area contributed by atoms with Gasteiger partial charge in [-0.05, 0) is 19.3 Å². The molecule has 0 rings (SSSR count). The normalized spacial score (nSPS) is 13.8. The molecule has 3 nitrogen and oxygen atoms in total. The number of rotatable bonds is 18. The smallest absolute Gasteiger partial charge is 0.335 e. The minimum absolute atomic E-state index is 0.539. The summed E-state index contributed by atoms with van der Waals surface area (Å²) in [4.78, 5) is 11.3. The minimum atomic E-state index is -0.961. The minimum Gasteiger partial charge on any atom is -0.479 e. The zero-order chi connectivity index (χ0) is 18.1. The average molecular weight is 343 g/mol. The number of carbonyl (C=O) groups is 1. The Kier molecular flexibility index (Phi) is 15.6. The molecular formula is C21H42O3. The molecule has 0 aliphatic heterocycles. The lowest BCUT2D eigenvalue weighted by atomic mass is 9.92. The van der Waals surface area contributed by atoms with Gasteiger partial charge in [-0.3, -0.25) is 0 Å². The Morgan fingerprint density at radius 3 is 1.42 bits per heavy atom. The number of carboxylic acids is 1. The summed E-state index contributed by atoms with van der Waals surface area (Å²) in [6.45, 7) is 4.16. The molecule has 0 radical (unpaired) electrons. The summed E-state index contributed by atoms with van der Waals surface area (Å²) < 4.78 is 5.26. The SMILES string of the molecule is CCCCCCCCCCCCCCCCC(CC)(OC)C(=O)O. The van der Waals surface area contributed by atoms with Crippen LogP contribution in [0.15, 0.2) is 0 Å². The van der Waals surface area contributed by atoms with Crippen molar-refractivity contribution in [3.63, 3.8) is 0 Å². The molecule has 0 saturated carbocycles. The van der Waals surface area contributed by atoms with Crippen LogP contribution in [0.5, 0.6) is 0 Å². The van der Waals surface area contributed by atoms with E-state index in [1.807, 2.05) is 6.92 Å². The van der Waals surface area contributed by atoms with Gasteiger partial charge in [0.05, 0.1) is 0 Å². The van der Waals surface area contributed by atoms with Crippen molar-refractivity contribution < 1.29 is 14.6 Å². The highest BCUT2D eigenvalue weighted by molar-refractivity contribution is 5.77. The van der Waals surface area contributed by atoms with Gasteiger partial charge in [-0.25, -0.2) is 4.79 Å².